The number of para-hydroxylation sites is 1. The van der Waals surface area contributed by atoms with Crippen molar-refractivity contribution in [3.8, 4) is 5.75 Å². The van der Waals surface area contributed by atoms with Gasteiger partial charge in [-0.05, 0) is 55.0 Å². The number of cyclic esters (lactones) is 1. The molecule has 5 heteroatoms. The zero-order chi connectivity index (χ0) is 22.4. The van der Waals surface area contributed by atoms with Crippen LogP contribution in [0.5, 0.6) is 5.75 Å². The van der Waals surface area contributed by atoms with E-state index < -0.39 is 11.6 Å². The van der Waals surface area contributed by atoms with E-state index >= 15 is 0 Å². The van der Waals surface area contributed by atoms with Crippen molar-refractivity contribution in [2.45, 2.75) is 58.5 Å². The number of nitrogens with zero attached hydrogens (tertiary/aromatic N) is 1. The number of aliphatic hydroxyl groups is 1. The van der Waals surface area contributed by atoms with Crippen LogP contribution in [0.2, 0.25) is 0 Å². The fourth-order valence-corrected chi connectivity index (χ4v) is 4.08. The number of anilines is 1. The Bertz CT molecular complexity index is 905. The summed E-state index contributed by atoms with van der Waals surface area (Å²) in [6.45, 7) is 6.78. The second-order valence-electron chi connectivity index (χ2n) is 8.59. The highest BCUT2D eigenvalue weighted by atomic mass is 16.6. The van der Waals surface area contributed by atoms with Crippen LogP contribution >= 0.6 is 0 Å². The Morgan fingerprint density at radius 1 is 1.06 bits per heavy atom. The topological polar surface area (TPSA) is 70.0 Å². The number of esters is 1. The first-order valence-electron chi connectivity index (χ1n) is 11.1. The average molecular weight is 424 g/mol. The number of aryl methyl sites for hydroxylation is 1. The van der Waals surface area contributed by atoms with E-state index in [2.05, 4.69) is 6.92 Å². The van der Waals surface area contributed by atoms with Crippen molar-refractivity contribution < 1.29 is 19.7 Å². The van der Waals surface area contributed by atoms with Crippen LogP contribution in [0.25, 0.3) is 0 Å². The lowest BCUT2D eigenvalue weighted by Crippen LogP contribution is -2.48. The van der Waals surface area contributed by atoms with Crippen molar-refractivity contribution in [2.75, 3.05) is 11.4 Å². The van der Waals surface area contributed by atoms with Gasteiger partial charge in [0.2, 0.25) is 0 Å². The van der Waals surface area contributed by atoms with Crippen LogP contribution in [0.15, 0.2) is 66.1 Å². The quantitative estimate of drug-likeness (QED) is 0.503. The molecule has 5 nitrogen and oxygen atoms in total. The van der Waals surface area contributed by atoms with Gasteiger partial charge in [-0.2, -0.15) is 0 Å². The largest absolute Gasteiger partial charge is 0.510 e. The van der Waals surface area contributed by atoms with Gasteiger partial charge in [0.15, 0.2) is 5.70 Å². The monoisotopic (exact) mass is 423 g/mol. The molecule has 0 spiro atoms. The van der Waals surface area contributed by atoms with Crippen molar-refractivity contribution in [2.24, 2.45) is 5.92 Å². The number of phenols is 1. The fourth-order valence-electron chi connectivity index (χ4n) is 4.08. The summed E-state index contributed by atoms with van der Waals surface area (Å²) in [4.78, 5) is 15.1. The summed E-state index contributed by atoms with van der Waals surface area (Å²) in [6.07, 6.45) is 3.45. The summed E-state index contributed by atoms with van der Waals surface area (Å²) in [5, 5.41) is 20.6. The maximum Gasteiger partial charge on any atom is 0.359 e. The molecule has 2 N–H and O–H groups in total. The van der Waals surface area contributed by atoms with E-state index in [9.17, 15) is 15.0 Å². The van der Waals surface area contributed by atoms with Gasteiger partial charge >= 0.3 is 5.97 Å². The van der Waals surface area contributed by atoms with E-state index in [0.717, 1.165) is 24.1 Å². The van der Waals surface area contributed by atoms with Crippen molar-refractivity contribution >= 4 is 11.7 Å². The molecule has 1 aliphatic heterocycles. The summed E-state index contributed by atoms with van der Waals surface area (Å²) in [5.41, 5.74) is 1.41. The van der Waals surface area contributed by atoms with Gasteiger partial charge in [0.05, 0.1) is 0 Å². The third kappa shape index (κ3) is 5.22. The molecule has 0 saturated carbocycles. The number of hydrogen-bond acceptors (Lipinski definition) is 5. The summed E-state index contributed by atoms with van der Waals surface area (Å²) >= 11 is 0. The summed E-state index contributed by atoms with van der Waals surface area (Å²) in [7, 11) is 0. The van der Waals surface area contributed by atoms with Crippen molar-refractivity contribution in [1.29, 1.82) is 0 Å². The van der Waals surface area contributed by atoms with Crippen LogP contribution in [0, 0.1) is 5.92 Å². The second-order valence-corrected chi connectivity index (χ2v) is 8.59. The fraction of sp³-hybridized carbons (Fsp3) is 0.423. The number of benzene rings is 2. The van der Waals surface area contributed by atoms with Crippen LogP contribution < -0.4 is 4.90 Å². The number of carbonyl (C=O) groups excluding carboxylic acids is 1. The number of carbonyl (C=O) groups is 1. The van der Waals surface area contributed by atoms with Crippen molar-refractivity contribution in [3.05, 3.63) is 71.6 Å². The summed E-state index contributed by atoms with van der Waals surface area (Å²) in [6, 6.07) is 16.7. The number of rotatable bonds is 9. The Kier molecular flexibility index (Phi) is 7.26. The molecule has 2 aromatic carbocycles. The molecule has 0 aliphatic carbocycles. The molecule has 3 rings (SSSR count). The maximum atomic E-state index is 13.2. The first-order valence-corrected chi connectivity index (χ1v) is 11.1. The Hall–Kier alpha value is -2.95. The van der Waals surface area contributed by atoms with Gasteiger partial charge in [-0.25, -0.2) is 4.79 Å². The van der Waals surface area contributed by atoms with Gasteiger partial charge in [-0.3, -0.25) is 0 Å². The summed E-state index contributed by atoms with van der Waals surface area (Å²) in [5.74, 6) is -0.110. The second kappa shape index (κ2) is 9.90. The molecule has 0 radical (unpaired) electrons. The highest BCUT2D eigenvalue weighted by molar-refractivity contribution is 5.94. The molecule has 1 heterocycles. The van der Waals surface area contributed by atoms with Crippen molar-refractivity contribution in [1.82, 2.24) is 0 Å². The molecule has 31 heavy (non-hydrogen) atoms. The summed E-state index contributed by atoms with van der Waals surface area (Å²) < 4.78 is 6.10. The lowest BCUT2D eigenvalue weighted by Gasteiger charge is -2.42. The standard InChI is InChI=1S/C26H33NO4/c1-4-5-17-27(21-9-7-6-8-10-21)24-23(29)18-26(19(2)3,31-25(24)30)16-15-20-11-13-22(28)14-12-20/h6-14,19,28-29H,4-5,15-18H2,1-3H3. The highest BCUT2D eigenvalue weighted by Crippen LogP contribution is 2.40. The number of unbranched alkanes of at least 4 members (excludes halogenated alkanes) is 1. The van der Waals surface area contributed by atoms with E-state index in [1.165, 1.54) is 0 Å². The molecule has 166 valence electrons. The smallest absolute Gasteiger partial charge is 0.359 e. The van der Waals surface area contributed by atoms with E-state index in [-0.39, 0.29) is 23.1 Å². The number of ether oxygens (including phenoxy) is 1. The molecule has 1 unspecified atom stereocenters. The lowest BCUT2D eigenvalue weighted by atomic mass is 9.79. The average Bonchev–Trinajstić information content (AvgIpc) is 2.75. The predicted octanol–water partition coefficient (Wildman–Crippen LogP) is 5.74. The third-order valence-electron chi connectivity index (χ3n) is 6.13. The Morgan fingerprint density at radius 2 is 1.74 bits per heavy atom. The minimum absolute atomic E-state index is 0.0399. The molecule has 2 aromatic rings. The first kappa shape index (κ1) is 22.7. The van der Waals surface area contributed by atoms with E-state index in [1.54, 1.807) is 12.1 Å². The van der Waals surface area contributed by atoms with E-state index in [4.69, 9.17) is 4.74 Å². The minimum Gasteiger partial charge on any atom is -0.510 e. The van der Waals surface area contributed by atoms with Gasteiger partial charge in [-0.1, -0.05) is 57.5 Å². The molecule has 0 aromatic heterocycles. The number of aromatic hydroxyl groups is 1. The molecule has 0 fully saturated rings. The van der Waals surface area contributed by atoms with Crippen LogP contribution in [0.3, 0.4) is 0 Å². The van der Waals surface area contributed by atoms with Crippen LogP contribution in [-0.4, -0.2) is 28.3 Å². The molecular weight excluding hydrogens is 390 g/mol. The Morgan fingerprint density at radius 3 is 2.32 bits per heavy atom. The zero-order valence-electron chi connectivity index (χ0n) is 18.7. The van der Waals surface area contributed by atoms with Gasteiger partial charge in [-0.15, -0.1) is 0 Å². The van der Waals surface area contributed by atoms with Crippen LogP contribution in [-0.2, 0) is 16.0 Å². The van der Waals surface area contributed by atoms with Crippen LogP contribution in [0.1, 0.15) is 52.0 Å². The number of hydrogen-bond donors (Lipinski definition) is 2. The Balaban J connectivity index is 1.88. The van der Waals surface area contributed by atoms with Crippen LogP contribution in [0.4, 0.5) is 5.69 Å². The molecule has 1 aliphatic rings. The predicted molar refractivity (Wildman–Crippen MR) is 123 cm³/mol. The zero-order valence-corrected chi connectivity index (χ0v) is 18.7. The number of phenolic OH excluding ortho intramolecular Hbond substituents is 1. The van der Waals surface area contributed by atoms with Gasteiger partial charge in [0, 0.05) is 18.7 Å². The Labute approximate surface area is 185 Å². The molecule has 0 bridgehead atoms. The first-order chi connectivity index (χ1) is 14.9. The minimum atomic E-state index is -0.768. The highest BCUT2D eigenvalue weighted by Gasteiger charge is 2.45. The molecule has 1 atom stereocenters. The van der Waals surface area contributed by atoms with E-state index in [0.29, 0.717) is 25.8 Å². The van der Waals surface area contributed by atoms with Gasteiger partial charge in [0.25, 0.3) is 0 Å². The lowest BCUT2D eigenvalue weighted by molar-refractivity contribution is -0.166. The molecule has 0 saturated heterocycles. The van der Waals surface area contributed by atoms with Crippen molar-refractivity contribution in [3.63, 3.8) is 0 Å². The normalized spacial score (nSPS) is 18.9. The molecular formula is C26H33NO4. The SMILES string of the molecule is CCCCN(C1=C(O)CC(CCc2ccc(O)cc2)(C(C)C)OC1=O)c1ccccc1. The number of aliphatic hydroxyl groups excluding tert-OH is 1. The van der Waals surface area contributed by atoms with E-state index in [1.807, 2.05) is 61.2 Å². The third-order valence-corrected chi connectivity index (χ3v) is 6.13. The molecule has 0 amide bonds. The van der Waals surface area contributed by atoms with Gasteiger partial charge < -0.3 is 19.8 Å². The van der Waals surface area contributed by atoms with Gasteiger partial charge in [0.1, 0.15) is 17.1 Å². The maximum absolute atomic E-state index is 13.2.